The van der Waals surface area contributed by atoms with Crippen LogP contribution in [-0.4, -0.2) is 51.6 Å². The highest BCUT2D eigenvalue weighted by Crippen LogP contribution is 2.17. The fourth-order valence-corrected chi connectivity index (χ4v) is 3.04. The summed E-state index contributed by atoms with van der Waals surface area (Å²) < 4.78 is 37.8. The summed E-state index contributed by atoms with van der Waals surface area (Å²) in [6.45, 7) is 2.64. The third-order valence-corrected chi connectivity index (χ3v) is 4.41. The highest BCUT2D eigenvalue weighted by atomic mass is 32.2. The number of nitrogen functional groups attached to an aromatic ring is 1. The van der Waals surface area contributed by atoms with E-state index in [1.807, 2.05) is 7.05 Å². The van der Waals surface area contributed by atoms with Gasteiger partial charge in [-0.1, -0.05) is 0 Å². The van der Waals surface area contributed by atoms with E-state index >= 15 is 0 Å². The highest BCUT2D eigenvalue weighted by molar-refractivity contribution is 7.89. The number of nitrogens with zero attached hydrogens (tertiary/aromatic N) is 2. The number of likely N-dealkylation sites (N-methyl/N-ethyl adjacent to an activating group) is 1. The lowest BCUT2D eigenvalue weighted by molar-refractivity contribution is 0.134. The second kappa shape index (κ2) is 5.41. The predicted octanol–water partition coefficient (Wildman–Crippen LogP) is -0.151. The fourth-order valence-electron chi connectivity index (χ4n) is 1.85. The number of rotatable bonds is 3. The maximum atomic E-state index is 13.6. The maximum absolute atomic E-state index is 13.6. The van der Waals surface area contributed by atoms with Crippen molar-refractivity contribution in [2.24, 2.45) is 0 Å². The normalized spacial score (nSPS) is 18.6. The quantitative estimate of drug-likeness (QED) is 0.756. The fraction of sp³-hybridized carbons (Fsp3) is 0.455. The summed E-state index contributed by atoms with van der Waals surface area (Å²) in [5.41, 5.74) is 5.59. The van der Waals surface area contributed by atoms with E-state index in [0.717, 1.165) is 19.2 Å². The molecule has 106 valence electrons. The number of hydrogen-bond donors (Lipinski definition) is 2. The molecule has 0 unspecified atom stereocenters. The van der Waals surface area contributed by atoms with Gasteiger partial charge < -0.3 is 10.6 Å². The Hall–Kier alpha value is -1.22. The summed E-state index contributed by atoms with van der Waals surface area (Å²) in [7, 11) is -1.93. The van der Waals surface area contributed by atoms with E-state index in [0.29, 0.717) is 13.1 Å². The first kappa shape index (κ1) is 14.2. The summed E-state index contributed by atoms with van der Waals surface area (Å²) in [6.07, 6.45) is 0. The number of sulfonamides is 1. The molecule has 0 saturated carbocycles. The largest absolute Gasteiger partial charge is 0.399 e. The van der Waals surface area contributed by atoms with Crippen LogP contribution >= 0.6 is 0 Å². The van der Waals surface area contributed by atoms with Gasteiger partial charge in [0.1, 0.15) is 10.7 Å². The lowest BCUT2D eigenvalue weighted by atomic mass is 10.3. The number of halogens is 1. The van der Waals surface area contributed by atoms with Crippen LogP contribution in [0.3, 0.4) is 0 Å². The van der Waals surface area contributed by atoms with Gasteiger partial charge in [0.05, 0.1) is 0 Å². The lowest BCUT2D eigenvalue weighted by Gasteiger charge is -2.32. The summed E-state index contributed by atoms with van der Waals surface area (Å²) >= 11 is 0. The average Bonchev–Trinajstić information content (AvgIpc) is 2.31. The number of nitrogens with one attached hydrogen (secondary N) is 1. The number of piperazine rings is 1. The zero-order valence-electron chi connectivity index (χ0n) is 10.6. The molecule has 19 heavy (non-hydrogen) atoms. The van der Waals surface area contributed by atoms with Gasteiger partial charge in [-0.15, -0.1) is 4.83 Å². The molecule has 6 nitrogen and oxygen atoms in total. The number of nitrogens with two attached hydrogens (primary N) is 1. The van der Waals surface area contributed by atoms with E-state index in [2.05, 4.69) is 9.73 Å². The third kappa shape index (κ3) is 3.41. The average molecular weight is 288 g/mol. The van der Waals surface area contributed by atoms with Crippen LogP contribution in [0, 0.1) is 5.82 Å². The van der Waals surface area contributed by atoms with E-state index in [1.54, 1.807) is 5.01 Å². The van der Waals surface area contributed by atoms with Crippen molar-refractivity contribution in [2.45, 2.75) is 4.90 Å². The molecule has 0 aromatic heterocycles. The third-order valence-electron chi connectivity index (χ3n) is 3.00. The van der Waals surface area contributed by atoms with Crippen molar-refractivity contribution in [1.82, 2.24) is 14.7 Å². The first-order chi connectivity index (χ1) is 8.88. The molecule has 1 aromatic carbocycles. The molecule has 1 aliphatic heterocycles. The van der Waals surface area contributed by atoms with Gasteiger partial charge in [0.2, 0.25) is 0 Å². The molecule has 1 aromatic rings. The number of benzene rings is 1. The van der Waals surface area contributed by atoms with E-state index < -0.39 is 15.8 Å². The highest BCUT2D eigenvalue weighted by Gasteiger charge is 2.24. The van der Waals surface area contributed by atoms with Crippen molar-refractivity contribution in [3.63, 3.8) is 0 Å². The van der Waals surface area contributed by atoms with Crippen LogP contribution in [0.25, 0.3) is 0 Å². The zero-order chi connectivity index (χ0) is 14.0. The van der Waals surface area contributed by atoms with Crippen LogP contribution < -0.4 is 10.6 Å². The second-order valence-electron chi connectivity index (χ2n) is 4.57. The Bertz CT molecular complexity index is 556. The molecule has 1 saturated heterocycles. The Morgan fingerprint density at radius 1 is 1.26 bits per heavy atom. The SMILES string of the molecule is CN1CCN(NS(=O)(=O)c2ccc(N)cc2F)CC1. The smallest absolute Gasteiger partial charge is 0.256 e. The van der Waals surface area contributed by atoms with Crippen LogP contribution in [-0.2, 0) is 10.0 Å². The molecule has 0 radical (unpaired) electrons. The zero-order valence-corrected chi connectivity index (χ0v) is 11.5. The molecular weight excluding hydrogens is 271 g/mol. The molecule has 1 fully saturated rings. The summed E-state index contributed by atoms with van der Waals surface area (Å²) in [4.78, 5) is 4.09. The van der Waals surface area contributed by atoms with Crippen molar-refractivity contribution < 1.29 is 12.8 Å². The van der Waals surface area contributed by atoms with Gasteiger partial charge in [-0.3, -0.25) is 0 Å². The molecule has 0 atom stereocenters. The number of hydrazine groups is 1. The van der Waals surface area contributed by atoms with Crippen molar-refractivity contribution in [3.8, 4) is 0 Å². The van der Waals surface area contributed by atoms with Crippen LogP contribution in [0.2, 0.25) is 0 Å². The minimum absolute atomic E-state index is 0.191. The molecule has 8 heteroatoms. The number of hydrogen-bond acceptors (Lipinski definition) is 5. The van der Waals surface area contributed by atoms with Crippen LogP contribution in [0.1, 0.15) is 0 Å². The van der Waals surface area contributed by atoms with Gasteiger partial charge >= 0.3 is 0 Å². The second-order valence-corrected chi connectivity index (χ2v) is 6.20. The molecular formula is C11H17FN4O2S. The molecule has 0 aliphatic carbocycles. The minimum Gasteiger partial charge on any atom is -0.399 e. The molecule has 3 N–H and O–H groups in total. The topological polar surface area (TPSA) is 78.7 Å². The molecule has 0 amide bonds. The Labute approximate surface area is 112 Å². The molecule has 2 rings (SSSR count). The Balaban J connectivity index is 2.14. The standard InChI is InChI=1S/C11H17FN4O2S/c1-15-4-6-16(7-5-15)14-19(17,18)11-3-2-9(13)8-10(11)12/h2-3,8,14H,4-7,13H2,1H3. The predicted molar refractivity (Wildman–Crippen MR) is 70.2 cm³/mol. The summed E-state index contributed by atoms with van der Waals surface area (Å²) in [5.74, 6) is -0.846. The Morgan fingerprint density at radius 2 is 1.89 bits per heavy atom. The van der Waals surface area contributed by atoms with Gasteiger partial charge in [0.15, 0.2) is 0 Å². The first-order valence-corrected chi connectivity index (χ1v) is 7.38. The molecule has 1 heterocycles. The van der Waals surface area contributed by atoms with Gasteiger partial charge in [0.25, 0.3) is 10.0 Å². The van der Waals surface area contributed by atoms with E-state index in [1.165, 1.54) is 12.1 Å². The van der Waals surface area contributed by atoms with Crippen LogP contribution in [0.4, 0.5) is 10.1 Å². The van der Waals surface area contributed by atoms with Crippen molar-refractivity contribution in [1.29, 1.82) is 0 Å². The minimum atomic E-state index is -3.90. The van der Waals surface area contributed by atoms with Gasteiger partial charge in [-0.2, -0.15) is 0 Å². The van der Waals surface area contributed by atoms with E-state index in [-0.39, 0.29) is 10.6 Å². The lowest BCUT2D eigenvalue weighted by Crippen LogP contribution is -2.52. The maximum Gasteiger partial charge on any atom is 0.256 e. The van der Waals surface area contributed by atoms with Crippen molar-refractivity contribution in [3.05, 3.63) is 24.0 Å². The van der Waals surface area contributed by atoms with Gasteiger partial charge in [-0.25, -0.2) is 17.8 Å². The molecule has 1 aliphatic rings. The molecule has 0 spiro atoms. The number of anilines is 1. The van der Waals surface area contributed by atoms with E-state index in [4.69, 9.17) is 5.73 Å². The van der Waals surface area contributed by atoms with E-state index in [9.17, 15) is 12.8 Å². The molecule has 0 bridgehead atoms. The van der Waals surface area contributed by atoms with Gasteiger partial charge in [0, 0.05) is 31.9 Å². The Kier molecular flexibility index (Phi) is 4.04. The van der Waals surface area contributed by atoms with Crippen molar-refractivity contribution >= 4 is 15.7 Å². The van der Waals surface area contributed by atoms with Crippen molar-refractivity contribution in [2.75, 3.05) is 39.0 Å². The van der Waals surface area contributed by atoms with Crippen LogP contribution in [0.5, 0.6) is 0 Å². The van der Waals surface area contributed by atoms with Gasteiger partial charge in [-0.05, 0) is 25.2 Å². The van der Waals surface area contributed by atoms with Crippen LogP contribution in [0.15, 0.2) is 23.1 Å². The summed E-state index contributed by atoms with van der Waals surface area (Å²) in [6, 6.07) is 3.53. The monoisotopic (exact) mass is 288 g/mol. The first-order valence-electron chi connectivity index (χ1n) is 5.89. The Morgan fingerprint density at radius 3 is 2.47 bits per heavy atom. The summed E-state index contributed by atoms with van der Waals surface area (Å²) in [5, 5.41) is 1.57.